The van der Waals surface area contributed by atoms with Crippen LogP contribution in [-0.4, -0.2) is 0 Å². The molecule has 0 amide bonds. The van der Waals surface area contributed by atoms with Crippen LogP contribution in [0.4, 0.5) is 4.39 Å². The van der Waals surface area contributed by atoms with Gasteiger partial charge in [0.25, 0.3) is 0 Å². The van der Waals surface area contributed by atoms with Gasteiger partial charge in [-0.3, -0.25) is 0 Å². The second-order valence-corrected chi connectivity index (χ2v) is 6.93. The molecule has 0 bridgehead atoms. The van der Waals surface area contributed by atoms with E-state index in [1.54, 1.807) is 12.1 Å². The first-order chi connectivity index (χ1) is 11.7. The maximum absolute atomic E-state index is 13.6. The molecule has 1 aliphatic carbocycles. The molecule has 2 atom stereocenters. The maximum atomic E-state index is 13.6. The number of fused-ring (bicyclic) bond motifs is 1. The van der Waals surface area contributed by atoms with Crippen molar-refractivity contribution in [3.05, 3.63) is 95.3 Å². The monoisotopic (exact) mass is 316 g/mol. The van der Waals surface area contributed by atoms with E-state index < -0.39 is 0 Å². The average molecular weight is 316 g/mol. The highest BCUT2D eigenvalue weighted by atomic mass is 19.1. The molecule has 0 N–H and O–H groups in total. The number of hydrogen-bond donors (Lipinski definition) is 0. The molecular formula is C23H21F. The second-order valence-electron chi connectivity index (χ2n) is 6.93. The van der Waals surface area contributed by atoms with Crippen LogP contribution >= 0.6 is 0 Å². The lowest BCUT2D eigenvalue weighted by atomic mass is 9.74. The average Bonchev–Trinajstić information content (AvgIpc) is 2.61. The lowest BCUT2D eigenvalue weighted by molar-refractivity contribution is 0.464. The van der Waals surface area contributed by atoms with E-state index >= 15 is 0 Å². The third-order valence-corrected chi connectivity index (χ3v) is 5.08. The Morgan fingerprint density at radius 3 is 2.42 bits per heavy atom. The molecule has 0 spiro atoms. The zero-order valence-electron chi connectivity index (χ0n) is 13.9. The van der Waals surface area contributed by atoms with Gasteiger partial charge in [-0.2, -0.15) is 0 Å². The topological polar surface area (TPSA) is 0 Å². The van der Waals surface area contributed by atoms with Crippen molar-refractivity contribution in [2.45, 2.75) is 25.7 Å². The van der Waals surface area contributed by atoms with Crippen LogP contribution in [0.2, 0.25) is 0 Å². The Hall–Kier alpha value is -2.41. The lowest BCUT2D eigenvalue weighted by Crippen LogP contribution is -2.17. The Balaban J connectivity index is 1.77. The molecule has 0 aliphatic heterocycles. The van der Waals surface area contributed by atoms with E-state index in [0.29, 0.717) is 11.8 Å². The van der Waals surface area contributed by atoms with E-state index in [2.05, 4.69) is 55.5 Å². The molecule has 0 saturated carbocycles. The SMILES string of the molecule is C[C@H]1Cc2ccccc2[C@H](c2cccc(-c3cccc(F)c3)c2)C1. The Labute approximate surface area is 143 Å². The lowest BCUT2D eigenvalue weighted by Gasteiger charge is -2.30. The first-order valence-electron chi connectivity index (χ1n) is 8.64. The van der Waals surface area contributed by atoms with Crippen LogP contribution in [0.5, 0.6) is 0 Å². The predicted molar refractivity (Wildman–Crippen MR) is 97.6 cm³/mol. The Bertz CT molecular complexity index is 865. The number of benzene rings is 3. The van der Waals surface area contributed by atoms with E-state index in [9.17, 15) is 4.39 Å². The van der Waals surface area contributed by atoms with Crippen molar-refractivity contribution in [2.24, 2.45) is 5.92 Å². The second kappa shape index (κ2) is 6.24. The van der Waals surface area contributed by atoms with Gasteiger partial charge in [-0.25, -0.2) is 4.39 Å². The molecule has 0 aromatic heterocycles. The van der Waals surface area contributed by atoms with Crippen molar-refractivity contribution in [2.75, 3.05) is 0 Å². The van der Waals surface area contributed by atoms with Crippen LogP contribution in [0.15, 0.2) is 72.8 Å². The molecule has 0 nitrogen and oxygen atoms in total. The normalized spacial score (nSPS) is 19.8. The molecule has 0 radical (unpaired) electrons. The van der Waals surface area contributed by atoms with Gasteiger partial charge in [0.1, 0.15) is 5.82 Å². The molecule has 0 unspecified atom stereocenters. The van der Waals surface area contributed by atoms with Gasteiger partial charge < -0.3 is 0 Å². The summed E-state index contributed by atoms with van der Waals surface area (Å²) in [7, 11) is 0. The summed E-state index contributed by atoms with van der Waals surface area (Å²) in [6.45, 7) is 2.33. The van der Waals surface area contributed by atoms with Crippen molar-refractivity contribution in [1.29, 1.82) is 0 Å². The van der Waals surface area contributed by atoms with Crippen LogP contribution in [0.25, 0.3) is 11.1 Å². The van der Waals surface area contributed by atoms with Crippen LogP contribution in [0.3, 0.4) is 0 Å². The Morgan fingerprint density at radius 2 is 1.58 bits per heavy atom. The zero-order chi connectivity index (χ0) is 16.5. The fourth-order valence-electron chi connectivity index (χ4n) is 3.97. The van der Waals surface area contributed by atoms with Crippen molar-refractivity contribution in [3.8, 4) is 11.1 Å². The summed E-state index contributed by atoms with van der Waals surface area (Å²) >= 11 is 0. The highest BCUT2D eigenvalue weighted by molar-refractivity contribution is 5.64. The first-order valence-corrected chi connectivity index (χ1v) is 8.64. The van der Waals surface area contributed by atoms with E-state index in [0.717, 1.165) is 17.5 Å². The van der Waals surface area contributed by atoms with E-state index in [-0.39, 0.29) is 5.82 Å². The molecule has 120 valence electrons. The quantitative estimate of drug-likeness (QED) is 0.527. The van der Waals surface area contributed by atoms with E-state index in [1.165, 1.54) is 29.2 Å². The maximum Gasteiger partial charge on any atom is 0.123 e. The molecule has 1 heteroatoms. The van der Waals surface area contributed by atoms with Gasteiger partial charge in [-0.15, -0.1) is 0 Å². The zero-order valence-corrected chi connectivity index (χ0v) is 13.9. The van der Waals surface area contributed by atoms with Crippen molar-refractivity contribution in [1.82, 2.24) is 0 Å². The summed E-state index contributed by atoms with van der Waals surface area (Å²) < 4.78 is 13.6. The molecular weight excluding hydrogens is 295 g/mol. The van der Waals surface area contributed by atoms with Gasteiger partial charge in [0, 0.05) is 5.92 Å². The first kappa shape index (κ1) is 15.1. The predicted octanol–water partition coefficient (Wildman–Crippen LogP) is 6.21. The fraction of sp³-hybridized carbons (Fsp3) is 0.217. The number of halogens is 1. The van der Waals surface area contributed by atoms with E-state index in [4.69, 9.17) is 0 Å². The molecule has 1 aliphatic rings. The van der Waals surface area contributed by atoms with Gasteiger partial charge in [0.15, 0.2) is 0 Å². The molecule has 3 aromatic carbocycles. The van der Waals surface area contributed by atoms with Crippen LogP contribution in [0, 0.1) is 11.7 Å². The molecule has 4 rings (SSSR count). The minimum absolute atomic E-state index is 0.186. The summed E-state index contributed by atoms with van der Waals surface area (Å²) in [4.78, 5) is 0. The molecule has 0 heterocycles. The molecule has 3 aromatic rings. The van der Waals surface area contributed by atoms with Gasteiger partial charge in [0.2, 0.25) is 0 Å². The summed E-state index contributed by atoms with van der Waals surface area (Å²) in [5.74, 6) is 0.927. The largest absolute Gasteiger partial charge is 0.207 e. The highest BCUT2D eigenvalue weighted by Crippen LogP contribution is 2.40. The van der Waals surface area contributed by atoms with Crippen molar-refractivity contribution < 1.29 is 4.39 Å². The highest BCUT2D eigenvalue weighted by Gasteiger charge is 2.25. The minimum Gasteiger partial charge on any atom is -0.207 e. The summed E-state index contributed by atoms with van der Waals surface area (Å²) in [6.07, 6.45) is 2.33. The van der Waals surface area contributed by atoms with Gasteiger partial charge in [0.05, 0.1) is 0 Å². The summed E-state index contributed by atoms with van der Waals surface area (Å²) in [5.41, 5.74) is 6.27. The summed E-state index contributed by atoms with van der Waals surface area (Å²) in [5, 5.41) is 0. The third kappa shape index (κ3) is 2.87. The summed E-state index contributed by atoms with van der Waals surface area (Å²) in [6, 6.07) is 24.2. The van der Waals surface area contributed by atoms with Gasteiger partial charge in [-0.05, 0) is 58.7 Å². The Kier molecular flexibility index (Phi) is 3.93. The van der Waals surface area contributed by atoms with E-state index in [1.807, 2.05) is 6.07 Å². The third-order valence-electron chi connectivity index (χ3n) is 5.08. The molecule has 0 saturated heterocycles. The Morgan fingerprint density at radius 1 is 0.833 bits per heavy atom. The fourth-order valence-corrected chi connectivity index (χ4v) is 3.97. The van der Waals surface area contributed by atoms with Crippen LogP contribution in [0.1, 0.15) is 36.0 Å². The smallest absolute Gasteiger partial charge is 0.123 e. The molecule has 24 heavy (non-hydrogen) atoms. The van der Waals surface area contributed by atoms with Gasteiger partial charge >= 0.3 is 0 Å². The molecule has 0 fully saturated rings. The van der Waals surface area contributed by atoms with Crippen molar-refractivity contribution >= 4 is 0 Å². The standard InChI is InChI=1S/C23H21F/c1-16-12-19-6-2-3-11-22(19)23(13-16)20-9-4-7-17(14-20)18-8-5-10-21(24)15-18/h2-11,14-16,23H,12-13H2,1H3/t16-,23-/m0/s1. The minimum atomic E-state index is -0.186. The van der Waals surface area contributed by atoms with Crippen molar-refractivity contribution in [3.63, 3.8) is 0 Å². The number of hydrogen-bond acceptors (Lipinski definition) is 0. The van der Waals surface area contributed by atoms with Crippen LogP contribution in [-0.2, 0) is 6.42 Å². The van der Waals surface area contributed by atoms with Gasteiger partial charge in [-0.1, -0.05) is 67.6 Å². The number of rotatable bonds is 2. The van der Waals surface area contributed by atoms with Crippen LogP contribution < -0.4 is 0 Å².